The van der Waals surface area contributed by atoms with Gasteiger partial charge in [0.2, 0.25) is 5.91 Å². The third-order valence-corrected chi connectivity index (χ3v) is 3.05. The van der Waals surface area contributed by atoms with Crippen molar-refractivity contribution in [1.29, 1.82) is 0 Å². The molecule has 3 N–H and O–H groups in total. The van der Waals surface area contributed by atoms with Crippen molar-refractivity contribution >= 4 is 11.6 Å². The molecular formula is C12H16N2O2. The number of amides is 1. The lowest BCUT2D eigenvalue weighted by Crippen LogP contribution is -2.29. The highest BCUT2D eigenvalue weighted by Gasteiger charge is 2.31. The summed E-state index contributed by atoms with van der Waals surface area (Å²) in [6.45, 7) is 4.48. The van der Waals surface area contributed by atoms with Crippen LogP contribution in [0.15, 0.2) is 12.1 Å². The predicted molar refractivity (Wildman–Crippen MR) is 62.4 cm³/mol. The van der Waals surface area contributed by atoms with E-state index in [2.05, 4.69) is 10.6 Å². The second-order valence-corrected chi connectivity index (χ2v) is 4.07. The number of aliphatic hydroxyl groups excluding tert-OH is 1. The molecule has 1 aliphatic rings. The van der Waals surface area contributed by atoms with E-state index >= 15 is 0 Å². The average molecular weight is 220 g/mol. The third kappa shape index (κ3) is 1.70. The summed E-state index contributed by atoms with van der Waals surface area (Å²) in [7, 11) is 0. The SMILES string of the molecule is Cc1ccc2c(c1C)NC(=O)C2NCCO. The molecule has 0 spiro atoms. The molecule has 2 rings (SSSR count). The van der Waals surface area contributed by atoms with Crippen LogP contribution in [0.4, 0.5) is 5.69 Å². The van der Waals surface area contributed by atoms with Gasteiger partial charge in [-0.15, -0.1) is 0 Å². The maximum atomic E-state index is 11.7. The van der Waals surface area contributed by atoms with Crippen molar-refractivity contribution in [2.45, 2.75) is 19.9 Å². The zero-order chi connectivity index (χ0) is 11.7. The molecule has 0 bridgehead atoms. The molecule has 1 aromatic rings. The van der Waals surface area contributed by atoms with Gasteiger partial charge in [-0.05, 0) is 25.0 Å². The minimum atomic E-state index is -0.332. The Bertz CT molecular complexity index is 429. The summed E-state index contributed by atoms with van der Waals surface area (Å²) in [6, 6.07) is 3.65. The number of anilines is 1. The lowest BCUT2D eigenvalue weighted by molar-refractivity contribution is -0.117. The molecule has 0 saturated heterocycles. The van der Waals surface area contributed by atoms with Crippen LogP contribution >= 0.6 is 0 Å². The summed E-state index contributed by atoms with van der Waals surface area (Å²) in [5, 5.41) is 14.7. The fourth-order valence-electron chi connectivity index (χ4n) is 1.99. The molecule has 0 aliphatic carbocycles. The number of carbonyl (C=O) groups is 1. The van der Waals surface area contributed by atoms with Gasteiger partial charge >= 0.3 is 0 Å². The average Bonchev–Trinajstić information content (AvgIpc) is 2.58. The number of nitrogens with one attached hydrogen (secondary N) is 2. The number of benzene rings is 1. The van der Waals surface area contributed by atoms with Crippen LogP contribution in [0.5, 0.6) is 0 Å². The largest absolute Gasteiger partial charge is 0.395 e. The van der Waals surface area contributed by atoms with Gasteiger partial charge in [0.15, 0.2) is 0 Å². The molecule has 1 aliphatic heterocycles. The Labute approximate surface area is 94.7 Å². The van der Waals surface area contributed by atoms with Gasteiger partial charge < -0.3 is 10.4 Å². The van der Waals surface area contributed by atoms with Crippen molar-refractivity contribution in [2.24, 2.45) is 0 Å². The van der Waals surface area contributed by atoms with Crippen LogP contribution in [0.1, 0.15) is 22.7 Å². The molecule has 16 heavy (non-hydrogen) atoms. The van der Waals surface area contributed by atoms with E-state index in [1.165, 1.54) is 5.56 Å². The highest BCUT2D eigenvalue weighted by atomic mass is 16.3. The molecule has 4 nitrogen and oxygen atoms in total. The molecule has 4 heteroatoms. The Morgan fingerprint density at radius 1 is 1.44 bits per heavy atom. The first-order chi connectivity index (χ1) is 7.65. The number of hydrogen-bond acceptors (Lipinski definition) is 3. The maximum absolute atomic E-state index is 11.7. The van der Waals surface area contributed by atoms with Crippen LogP contribution in [0, 0.1) is 13.8 Å². The summed E-state index contributed by atoms with van der Waals surface area (Å²) < 4.78 is 0. The van der Waals surface area contributed by atoms with E-state index in [1.807, 2.05) is 26.0 Å². The summed E-state index contributed by atoms with van der Waals surface area (Å²) in [5.41, 5.74) is 4.17. The molecule has 1 heterocycles. The van der Waals surface area contributed by atoms with Crippen LogP contribution in [0.25, 0.3) is 0 Å². The number of aryl methyl sites for hydroxylation is 1. The standard InChI is InChI=1S/C12H16N2O2/c1-7-3-4-9-10(8(7)2)14-12(16)11(9)13-5-6-15/h3-4,11,13,15H,5-6H2,1-2H3,(H,14,16). The van der Waals surface area contributed by atoms with Gasteiger partial charge in [-0.3, -0.25) is 10.1 Å². The second kappa shape index (κ2) is 4.23. The first-order valence-electron chi connectivity index (χ1n) is 5.40. The lowest BCUT2D eigenvalue weighted by Gasteiger charge is -2.11. The number of carbonyl (C=O) groups excluding carboxylic acids is 1. The first kappa shape index (κ1) is 11.1. The summed E-state index contributed by atoms with van der Waals surface area (Å²) in [6.07, 6.45) is 0. The summed E-state index contributed by atoms with van der Waals surface area (Å²) in [5.74, 6) is -0.0443. The Balaban J connectivity index is 2.35. The van der Waals surface area contributed by atoms with Crippen molar-refractivity contribution in [3.8, 4) is 0 Å². The summed E-state index contributed by atoms with van der Waals surface area (Å²) >= 11 is 0. The van der Waals surface area contributed by atoms with Crippen LogP contribution in [0.3, 0.4) is 0 Å². The van der Waals surface area contributed by atoms with E-state index in [0.29, 0.717) is 6.54 Å². The zero-order valence-corrected chi connectivity index (χ0v) is 9.50. The van der Waals surface area contributed by atoms with Crippen LogP contribution in [-0.4, -0.2) is 24.2 Å². The topological polar surface area (TPSA) is 61.4 Å². The van der Waals surface area contributed by atoms with Gasteiger partial charge in [0, 0.05) is 17.8 Å². The Hall–Kier alpha value is -1.39. The van der Waals surface area contributed by atoms with Crippen LogP contribution < -0.4 is 10.6 Å². The van der Waals surface area contributed by atoms with Gasteiger partial charge in [-0.25, -0.2) is 0 Å². The Morgan fingerprint density at radius 2 is 2.19 bits per heavy atom. The molecule has 1 aromatic carbocycles. The molecular weight excluding hydrogens is 204 g/mol. The smallest absolute Gasteiger partial charge is 0.246 e. The van der Waals surface area contributed by atoms with E-state index in [9.17, 15) is 4.79 Å². The first-order valence-corrected chi connectivity index (χ1v) is 5.40. The number of rotatable bonds is 3. The van der Waals surface area contributed by atoms with E-state index in [0.717, 1.165) is 16.8 Å². The van der Waals surface area contributed by atoms with Gasteiger partial charge in [0.25, 0.3) is 0 Å². The number of aliphatic hydroxyl groups is 1. The molecule has 0 aromatic heterocycles. The van der Waals surface area contributed by atoms with E-state index in [-0.39, 0.29) is 18.6 Å². The van der Waals surface area contributed by atoms with Crippen LogP contribution in [0.2, 0.25) is 0 Å². The van der Waals surface area contributed by atoms with Crippen molar-refractivity contribution in [1.82, 2.24) is 5.32 Å². The molecule has 1 atom stereocenters. The highest BCUT2D eigenvalue weighted by Crippen LogP contribution is 2.34. The zero-order valence-electron chi connectivity index (χ0n) is 9.50. The van der Waals surface area contributed by atoms with Gasteiger partial charge in [-0.1, -0.05) is 12.1 Å². The van der Waals surface area contributed by atoms with E-state index in [4.69, 9.17) is 5.11 Å². The monoisotopic (exact) mass is 220 g/mol. The van der Waals surface area contributed by atoms with Crippen molar-refractivity contribution < 1.29 is 9.90 Å². The van der Waals surface area contributed by atoms with Gasteiger partial charge in [0.05, 0.1) is 6.61 Å². The van der Waals surface area contributed by atoms with Crippen molar-refractivity contribution in [3.63, 3.8) is 0 Å². The van der Waals surface area contributed by atoms with Crippen LogP contribution in [-0.2, 0) is 4.79 Å². The molecule has 86 valence electrons. The van der Waals surface area contributed by atoms with Gasteiger partial charge in [-0.2, -0.15) is 0 Å². The quantitative estimate of drug-likeness (QED) is 0.708. The van der Waals surface area contributed by atoms with E-state index < -0.39 is 0 Å². The summed E-state index contributed by atoms with van der Waals surface area (Å²) in [4.78, 5) is 11.7. The fraction of sp³-hybridized carbons (Fsp3) is 0.417. The number of fused-ring (bicyclic) bond motifs is 1. The highest BCUT2D eigenvalue weighted by molar-refractivity contribution is 6.03. The minimum Gasteiger partial charge on any atom is -0.395 e. The maximum Gasteiger partial charge on any atom is 0.246 e. The predicted octanol–water partition coefficient (Wildman–Crippen LogP) is 0.879. The normalized spacial score (nSPS) is 18.4. The van der Waals surface area contributed by atoms with Gasteiger partial charge in [0.1, 0.15) is 6.04 Å². The Kier molecular flexibility index (Phi) is 2.94. The molecule has 0 radical (unpaired) electrons. The molecule has 0 fully saturated rings. The van der Waals surface area contributed by atoms with Crippen molar-refractivity contribution in [2.75, 3.05) is 18.5 Å². The molecule has 0 saturated carbocycles. The van der Waals surface area contributed by atoms with Crippen molar-refractivity contribution in [3.05, 3.63) is 28.8 Å². The fourth-order valence-corrected chi connectivity index (χ4v) is 1.99. The lowest BCUT2D eigenvalue weighted by atomic mass is 10.0. The molecule has 1 amide bonds. The third-order valence-electron chi connectivity index (χ3n) is 3.05. The Morgan fingerprint density at radius 3 is 2.88 bits per heavy atom. The number of hydrogen-bond donors (Lipinski definition) is 3. The molecule has 1 unspecified atom stereocenters. The van der Waals surface area contributed by atoms with E-state index in [1.54, 1.807) is 0 Å². The minimum absolute atomic E-state index is 0.0317. The second-order valence-electron chi connectivity index (χ2n) is 4.07.